The normalized spacial score (nSPS) is 31.8. The van der Waals surface area contributed by atoms with Crippen molar-refractivity contribution >= 4 is 11.8 Å². The number of ether oxygens (including phenoxy) is 1. The number of hydrogen-bond acceptors (Lipinski definition) is 3. The summed E-state index contributed by atoms with van der Waals surface area (Å²) in [5.41, 5.74) is 0. The second-order valence-corrected chi connectivity index (χ2v) is 2.87. The minimum absolute atomic E-state index is 0.00750. The lowest BCUT2D eigenvalue weighted by atomic mass is 9.93. The molecule has 0 aromatic rings. The Morgan fingerprint density at radius 3 is 2.73 bits per heavy atom. The Balaban J connectivity index is 2.66. The molecule has 1 aliphatic rings. The molecule has 0 aromatic carbocycles. The summed E-state index contributed by atoms with van der Waals surface area (Å²) < 4.78 is 4.96. The molecule has 0 bridgehead atoms. The van der Waals surface area contributed by atoms with E-state index in [-0.39, 0.29) is 30.2 Å². The molecule has 0 spiro atoms. The number of esters is 1. The van der Waals surface area contributed by atoms with Crippen LogP contribution in [-0.4, -0.2) is 17.9 Å². The van der Waals surface area contributed by atoms with E-state index < -0.39 is 0 Å². The van der Waals surface area contributed by atoms with E-state index in [0.717, 1.165) is 6.42 Å². The van der Waals surface area contributed by atoms with E-state index in [1.165, 1.54) is 0 Å². The summed E-state index contributed by atoms with van der Waals surface area (Å²) in [4.78, 5) is 21.8. The Bertz CT molecular complexity index is 186. The molecule has 0 saturated carbocycles. The molecular formula is C8H12O3. The second kappa shape index (κ2) is 3.03. The van der Waals surface area contributed by atoms with Crippen LogP contribution in [0.1, 0.15) is 26.7 Å². The standard InChI is InChI=1S/C8H12O3/c1-3-7-5(2)6(9)4-8(10)11-7/h5,7H,3-4H2,1-2H3/t5?,7-/m0/s1. The lowest BCUT2D eigenvalue weighted by Gasteiger charge is -2.26. The van der Waals surface area contributed by atoms with E-state index in [9.17, 15) is 9.59 Å². The fourth-order valence-corrected chi connectivity index (χ4v) is 1.26. The van der Waals surface area contributed by atoms with Crippen molar-refractivity contribution in [2.45, 2.75) is 32.8 Å². The molecular weight excluding hydrogens is 144 g/mol. The minimum atomic E-state index is -0.375. The van der Waals surface area contributed by atoms with Crippen LogP contribution in [0.5, 0.6) is 0 Å². The molecule has 1 unspecified atom stereocenters. The lowest BCUT2D eigenvalue weighted by Crippen LogP contribution is -2.37. The van der Waals surface area contributed by atoms with Crippen LogP contribution in [0, 0.1) is 5.92 Å². The molecule has 3 heteroatoms. The molecule has 1 fully saturated rings. The van der Waals surface area contributed by atoms with Crippen molar-refractivity contribution in [1.29, 1.82) is 0 Å². The van der Waals surface area contributed by atoms with Gasteiger partial charge >= 0.3 is 5.97 Å². The molecule has 11 heavy (non-hydrogen) atoms. The summed E-state index contributed by atoms with van der Waals surface area (Å²) in [6, 6.07) is 0. The minimum Gasteiger partial charge on any atom is -0.461 e. The van der Waals surface area contributed by atoms with Gasteiger partial charge in [-0.2, -0.15) is 0 Å². The highest BCUT2D eigenvalue weighted by Crippen LogP contribution is 2.19. The fourth-order valence-electron chi connectivity index (χ4n) is 1.26. The summed E-state index contributed by atoms with van der Waals surface area (Å²) in [5.74, 6) is -0.481. The Morgan fingerprint density at radius 2 is 2.18 bits per heavy atom. The molecule has 1 rings (SSSR count). The van der Waals surface area contributed by atoms with Gasteiger partial charge in [-0.3, -0.25) is 9.59 Å². The van der Waals surface area contributed by atoms with E-state index in [1.54, 1.807) is 0 Å². The van der Waals surface area contributed by atoms with Gasteiger partial charge in [0, 0.05) is 0 Å². The van der Waals surface area contributed by atoms with Crippen molar-refractivity contribution < 1.29 is 14.3 Å². The Labute approximate surface area is 65.7 Å². The Kier molecular flexibility index (Phi) is 2.27. The monoisotopic (exact) mass is 156 g/mol. The predicted molar refractivity (Wildman–Crippen MR) is 39.0 cm³/mol. The lowest BCUT2D eigenvalue weighted by molar-refractivity contribution is -0.162. The number of carbonyl (C=O) groups excluding carboxylic acids is 2. The van der Waals surface area contributed by atoms with Crippen molar-refractivity contribution in [3.63, 3.8) is 0 Å². The summed E-state index contributed by atoms with van der Waals surface area (Å²) in [7, 11) is 0. The maximum absolute atomic E-state index is 11.1. The van der Waals surface area contributed by atoms with Crippen molar-refractivity contribution in [3.8, 4) is 0 Å². The van der Waals surface area contributed by atoms with Gasteiger partial charge in [0.1, 0.15) is 18.3 Å². The summed E-state index contributed by atoms with van der Waals surface area (Å²) >= 11 is 0. The molecule has 1 heterocycles. The molecule has 0 amide bonds. The zero-order valence-electron chi connectivity index (χ0n) is 6.79. The predicted octanol–water partition coefficient (Wildman–Crippen LogP) is 0.917. The number of cyclic esters (lactones) is 1. The van der Waals surface area contributed by atoms with Gasteiger partial charge in [0.2, 0.25) is 0 Å². The SMILES string of the molecule is CC[C@@H]1OC(=O)CC(=O)C1C. The number of Topliss-reactive ketones (excluding diaryl/α,β-unsaturated/α-hetero) is 1. The van der Waals surface area contributed by atoms with Crippen LogP contribution in [0.3, 0.4) is 0 Å². The topological polar surface area (TPSA) is 43.4 Å². The molecule has 62 valence electrons. The van der Waals surface area contributed by atoms with Crippen LogP contribution in [0.25, 0.3) is 0 Å². The van der Waals surface area contributed by atoms with Gasteiger partial charge in [-0.25, -0.2) is 0 Å². The van der Waals surface area contributed by atoms with Crippen LogP contribution in [0.15, 0.2) is 0 Å². The van der Waals surface area contributed by atoms with Crippen LogP contribution >= 0.6 is 0 Å². The summed E-state index contributed by atoms with van der Waals surface area (Å²) in [6.07, 6.45) is 0.486. The first kappa shape index (κ1) is 8.24. The van der Waals surface area contributed by atoms with Crippen LogP contribution in [-0.2, 0) is 14.3 Å². The maximum Gasteiger partial charge on any atom is 0.313 e. The molecule has 0 radical (unpaired) electrons. The Hall–Kier alpha value is -0.860. The molecule has 0 aliphatic carbocycles. The third-order valence-corrected chi connectivity index (χ3v) is 2.07. The summed E-state index contributed by atoms with van der Waals surface area (Å²) in [5, 5.41) is 0. The van der Waals surface area contributed by atoms with Gasteiger partial charge < -0.3 is 4.74 Å². The largest absolute Gasteiger partial charge is 0.461 e. The van der Waals surface area contributed by atoms with Crippen LogP contribution < -0.4 is 0 Å². The van der Waals surface area contributed by atoms with Crippen molar-refractivity contribution in [2.24, 2.45) is 5.92 Å². The number of hydrogen-bond donors (Lipinski definition) is 0. The van der Waals surface area contributed by atoms with Gasteiger partial charge in [0.05, 0.1) is 5.92 Å². The third kappa shape index (κ3) is 1.59. The summed E-state index contributed by atoms with van der Waals surface area (Å²) in [6.45, 7) is 3.72. The first-order chi connectivity index (χ1) is 5.15. The number of ketones is 1. The molecule has 0 aromatic heterocycles. The van der Waals surface area contributed by atoms with E-state index in [2.05, 4.69) is 0 Å². The van der Waals surface area contributed by atoms with Crippen LogP contribution in [0.2, 0.25) is 0 Å². The average Bonchev–Trinajstić information content (AvgIpc) is 1.96. The van der Waals surface area contributed by atoms with E-state index in [4.69, 9.17) is 4.74 Å². The third-order valence-electron chi connectivity index (χ3n) is 2.07. The quantitative estimate of drug-likeness (QED) is 0.418. The van der Waals surface area contributed by atoms with E-state index in [1.807, 2.05) is 13.8 Å². The molecule has 2 atom stereocenters. The smallest absolute Gasteiger partial charge is 0.313 e. The molecule has 3 nitrogen and oxygen atoms in total. The maximum atomic E-state index is 11.1. The van der Waals surface area contributed by atoms with Gasteiger partial charge in [-0.15, -0.1) is 0 Å². The van der Waals surface area contributed by atoms with Gasteiger partial charge in [0.15, 0.2) is 0 Å². The zero-order chi connectivity index (χ0) is 8.43. The average molecular weight is 156 g/mol. The highest BCUT2D eigenvalue weighted by atomic mass is 16.5. The first-order valence-corrected chi connectivity index (χ1v) is 3.87. The van der Waals surface area contributed by atoms with Crippen molar-refractivity contribution in [2.75, 3.05) is 0 Å². The zero-order valence-corrected chi connectivity index (χ0v) is 6.79. The molecule has 1 aliphatic heterocycles. The van der Waals surface area contributed by atoms with E-state index >= 15 is 0 Å². The Morgan fingerprint density at radius 1 is 1.55 bits per heavy atom. The van der Waals surface area contributed by atoms with Crippen molar-refractivity contribution in [1.82, 2.24) is 0 Å². The highest BCUT2D eigenvalue weighted by molar-refractivity contribution is 5.98. The van der Waals surface area contributed by atoms with Gasteiger partial charge in [0.25, 0.3) is 0 Å². The molecule has 0 N–H and O–H groups in total. The molecule has 1 saturated heterocycles. The highest BCUT2D eigenvalue weighted by Gasteiger charge is 2.32. The second-order valence-electron chi connectivity index (χ2n) is 2.87. The van der Waals surface area contributed by atoms with E-state index in [0.29, 0.717) is 0 Å². The van der Waals surface area contributed by atoms with Crippen LogP contribution in [0.4, 0.5) is 0 Å². The van der Waals surface area contributed by atoms with Gasteiger partial charge in [-0.1, -0.05) is 13.8 Å². The number of carbonyl (C=O) groups is 2. The van der Waals surface area contributed by atoms with Gasteiger partial charge in [-0.05, 0) is 6.42 Å². The van der Waals surface area contributed by atoms with Crippen molar-refractivity contribution in [3.05, 3.63) is 0 Å². The first-order valence-electron chi connectivity index (χ1n) is 3.87. The number of rotatable bonds is 1. The fraction of sp³-hybridized carbons (Fsp3) is 0.750.